The van der Waals surface area contributed by atoms with Gasteiger partial charge in [0, 0.05) is 13.1 Å². The maximum atomic E-state index is 11.7. The van der Waals surface area contributed by atoms with Gasteiger partial charge in [-0.1, -0.05) is 28.7 Å². The van der Waals surface area contributed by atoms with Gasteiger partial charge in [0.2, 0.25) is 11.8 Å². The van der Waals surface area contributed by atoms with Gasteiger partial charge in [-0.15, -0.1) is 0 Å². The molecule has 4 atom stereocenters. The molecule has 0 aliphatic carbocycles. The molecule has 0 saturated heterocycles. The van der Waals surface area contributed by atoms with E-state index in [1.165, 1.54) is 0 Å². The Balaban J connectivity index is -0.000000119. The molecule has 2 amide bonds. The molecule has 0 aromatic rings. The summed E-state index contributed by atoms with van der Waals surface area (Å²) >= 11 is 0. The Morgan fingerprint density at radius 1 is 0.481 bits per heavy atom. The van der Waals surface area contributed by atoms with Crippen LogP contribution in [-0.2, 0) is 27.8 Å². The Labute approximate surface area is 410 Å². The van der Waals surface area contributed by atoms with E-state index in [0.29, 0.717) is 48.8 Å². The van der Waals surface area contributed by atoms with Gasteiger partial charge < -0.3 is 84.0 Å². The summed E-state index contributed by atoms with van der Waals surface area (Å²) in [6, 6.07) is 0. The van der Waals surface area contributed by atoms with Crippen molar-refractivity contribution >= 4 is 42.2 Å². The zero-order chi connectivity index (χ0) is 37.3. The molecule has 29 heteroatoms. The minimum Gasteiger partial charge on any atom is -0.778 e. The van der Waals surface area contributed by atoms with Crippen LogP contribution < -0.4 is 164 Å². The van der Waals surface area contributed by atoms with E-state index in [9.17, 15) is 47.4 Å². The monoisotopic (exact) mass is 899 g/mol. The molecule has 0 fully saturated rings. The first-order chi connectivity index (χ1) is 22.1. The molecule has 0 rings (SSSR count). The van der Waals surface area contributed by atoms with E-state index in [-0.39, 0.29) is 133 Å². The minimum absolute atomic E-state index is 0. The first-order valence-corrected chi connectivity index (χ1v) is 22.3. The summed E-state index contributed by atoms with van der Waals surface area (Å²) in [5, 5.41) is 14.6. The number of hydrogen-bond donors (Lipinski definition) is 9. The average Bonchev–Trinajstić information content (AvgIpc) is 2.88. The van der Waals surface area contributed by atoms with Gasteiger partial charge in [0.1, 0.15) is 30.4 Å². The molecule has 4 unspecified atom stereocenters. The summed E-state index contributed by atoms with van der Waals surface area (Å²) in [6.07, 6.45) is 0.237. The summed E-state index contributed by atoms with van der Waals surface area (Å²) in [5.74, 6) is -1.20. The molecular formula is C25H61N7Na4O14P4. The normalized spacial score (nSPS) is 14.7. The molecule has 0 radical (unpaired) electrons. The van der Waals surface area contributed by atoms with Gasteiger partial charge in [-0.05, 0) is 71.4 Å². The van der Waals surface area contributed by atoms with E-state index in [0.717, 1.165) is 45.4 Å². The number of hydrogen-bond acceptors (Lipinski definition) is 15. The van der Waals surface area contributed by atoms with Crippen LogP contribution in [0, 0.1) is 0 Å². The first kappa shape index (κ1) is 74.8. The third-order valence-corrected chi connectivity index (χ3v) is 8.54. The topological polar surface area (TPSA) is 342 Å². The Morgan fingerprint density at radius 2 is 0.704 bits per heavy atom. The van der Waals surface area contributed by atoms with Crippen molar-refractivity contribution in [3.63, 3.8) is 0 Å². The van der Waals surface area contributed by atoms with Crippen molar-refractivity contribution in [2.45, 2.75) is 60.8 Å². The summed E-state index contributed by atoms with van der Waals surface area (Å²) in [7, 11) is -19.2. The molecule has 0 aromatic heterocycles. The van der Waals surface area contributed by atoms with Gasteiger partial charge in [0.25, 0.3) is 0 Å². The van der Waals surface area contributed by atoms with E-state index in [1.807, 2.05) is 6.92 Å². The minimum atomic E-state index is -4.81. The summed E-state index contributed by atoms with van der Waals surface area (Å²) in [6.45, 7) is 8.71. The number of carbonyl (C=O) groups excluding carboxylic acids is 2. The van der Waals surface area contributed by atoms with Crippen molar-refractivity contribution < 1.29 is 185 Å². The largest absolute Gasteiger partial charge is 1.00 e. The van der Waals surface area contributed by atoms with Crippen molar-refractivity contribution in [1.29, 1.82) is 0 Å². The second kappa shape index (κ2) is 43.0. The van der Waals surface area contributed by atoms with Crippen LogP contribution in [-0.4, -0.2) is 132 Å². The molecular weight excluding hydrogens is 838 g/mol. The Kier molecular flexibility index (Phi) is 59.5. The standard InChI is InChI=1S/C13H32N4O7P2.C10H25N3O7P2.2CH4.4Na/c1-2-5-14-6-3-7-15-8-4-9-16-13(18)10-17(11-25(19,20)21)12-26(22,23)24;1-2-4-11-5-3-6-12-10(14)7-13(8-21(15,16)17)9-22(18,19)20;;;;;;/h14-15H,2-12H2,1H3,(H,16,18)(H2,19,20,21)(H2,22,23,24);11H,2-9H2,1H3,(H,12,14)(H2,15,16,17)(H2,18,19,20);2*1H4;;;;/q;;;;4*+1/p-4. The fourth-order valence-electron chi connectivity index (χ4n) is 3.77. The summed E-state index contributed by atoms with van der Waals surface area (Å²) in [5.41, 5.74) is 0. The quantitative estimate of drug-likeness (QED) is 0.0200. The van der Waals surface area contributed by atoms with Gasteiger partial charge in [-0.3, -0.25) is 19.4 Å². The van der Waals surface area contributed by atoms with E-state index in [4.69, 9.17) is 19.6 Å². The zero-order valence-electron chi connectivity index (χ0n) is 31.5. The van der Waals surface area contributed by atoms with Gasteiger partial charge >= 0.3 is 118 Å². The molecule has 21 nitrogen and oxygen atoms in total. The molecule has 0 aliphatic heterocycles. The second-order valence-corrected chi connectivity index (χ2v) is 17.0. The predicted octanol–water partition coefficient (Wildman–Crippen LogP) is -15.1. The molecule has 54 heavy (non-hydrogen) atoms. The fourth-order valence-corrected chi connectivity index (χ4v) is 6.91. The first-order valence-electron chi connectivity index (χ1n) is 15.3. The molecule has 0 spiro atoms. The number of nitrogens with zero attached hydrogens (tertiary/aromatic N) is 2. The van der Waals surface area contributed by atoms with Crippen LogP contribution in [0.4, 0.5) is 0 Å². The van der Waals surface area contributed by atoms with Crippen molar-refractivity contribution in [2.24, 2.45) is 0 Å². The predicted molar refractivity (Wildman–Crippen MR) is 185 cm³/mol. The van der Waals surface area contributed by atoms with Gasteiger partial charge in [0.15, 0.2) is 0 Å². The van der Waals surface area contributed by atoms with E-state index < -0.39 is 80.4 Å². The zero-order valence-corrected chi connectivity index (χ0v) is 43.1. The Hall–Kier alpha value is 3.34. The van der Waals surface area contributed by atoms with E-state index >= 15 is 0 Å². The third-order valence-electron chi connectivity index (χ3n) is 5.51. The van der Waals surface area contributed by atoms with Crippen LogP contribution in [0.2, 0.25) is 0 Å². The van der Waals surface area contributed by atoms with Crippen LogP contribution in [0.15, 0.2) is 0 Å². The van der Waals surface area contributed by atoms with Crippen LogP contribution in [0.3, 0.4) is 0 Å². The van der Waals surface area contributed by atoms with Crippen LogP contribution >= 0.6 is 30.4 Å². The Morgan fingerprint density at radius 3 is 0.926 bits per heavy atom. The SMILES string of the molecule is C.C.CCCNCCCNC(=O)CN(CP(=O)([O-])O)CP(=O)([O-])O.CCCNCCCNCCCNC(=O)CN(CP(=O)([O-])O)CP(=O)([O-])O.[Na+].[Na+].[Na+].[Na+]. The second-order valence-electron chi connectivity index (χ2n) is 10.8. The molecule has 0 aliphatic rings. The Bertz CT molecular complexity index is 1040. The number of amides is 2. The van der Waals surface area contributed by atoms with Crippen molar-refractivity contribution in [1.82, 2.24) is 36.4 Å². The van der Waals surface area contributed by atoms with Gasteiger partial charge in [-0.25, -0.2) is 0 Å². The van der Waals surface area contributed by atoms with Gasteiger partial charge in [-0.2, -0.15) is 0 Å². The molecule has 0 aromatic carbocycles. The molecule has 9 N–H and O–H groups in total. The van der Waals surface area contributed by atoms with Crippen molar-refractivity contribution in [3.8, 4) is 0 Å². The molecule has 0 heterocycles. The number of nitrogens with one attached hydrogen (secondary N) is 5. The third kappa shape index (κ3) is 62.0. The maximum absolute atomic E-state index is 11.7. The smallest absolute Gasteiger partial charge is 0.778 e. The van der Waals surface area contributed by atoms with Crippen molar-refractivity contribution in [3.05, 3.63) is 0 Å². The molecule has 304 valence electrons. The van der Waals surface area contributed by atoms with Gasteiger partial charge in [0.05, 0.1) is 38.2 Å². The molecule has 0 bridgehead atoms. The summed E-state index contributed by atoms with van der Waals surface area (Å²) < 4.78 is 43.3. The maximum Gasteiger partial charge on any atom is 1.00 e. The summed E-state index contributed by atoms with van der Waals surface area (Å²) in [4.78, 5) is 103. The van der Waals surface area contributed by atoms with E-state index in [1.54, 1.807) is 0 Å². The van der Waals surface area contributed by atoms with E-state index in [2.05, 4.69) is 33.5 Å². The number of rotatable bonds is 28. The average molecular weight is 900 g/mol. The van der Waals surface area contributed by atoms with Crippen LogP contribution in [0.1, 0.15) is 60.8 Å². The van der Waals surface area contributed by atoms with Crippen molar-refractivity contribution in [2.75, 3.05) is 90.6 Å². The fraction of sp³-hybridized carbons (Fsp3) is 0.920. The number of carbonyl (C=O) groups is 2. The van der Waals surface area contributed by atoms with Crippen LogP contribution in [0.5, 0.6) is 0 Å². The molecule has 0 saturated carbocycles. The van der Waals surface area contributed by atoms with Crippen LogP contribution in [0.25, 0.3) is 0 Å².